The zero-order valence-corrected chi connectivity index (χ0v) is 8.34. The molecule has 0 spiro atoms. The fraction of sp³-hybridized carbons (Fsp3) is 0.111. The number of nitriles is 1. The van der Waals surface area contributed by atoms with Crippen LogP contribution < -0.4 is 5.73 Å². The topological polar surface area (TPSA) is 111 Å². The maximum Gasteiger partial charge on any atom is 0.290 e. The molecule has 0 aliphatic carbocycles. The number of carbonyl (C=O) groups is 1. The number of hydrogen-bond donors (Lipinski definition) is 1. The summed E-state index contributed by atoms with van der Waals surface area (Å²) in [6, 6.07) is 3.57. The second kappa shape index (κ2) is 3.51. The first-order chi connectivity index (χ1) is 7.61. The van der Waals surface area contributed by atoms with E-state index in [0.29, 0.717) is 11.3 Å². The summed E-state index contributed by atoms with van der Waals surface area (Å²) >= 11 is 0. The Kier molecular flexibility index (Phi) is 2.17. The summed E-state index contributed by atoms with van der Waals surface area (Å²) in [4.78, 5) is 14.6. The molecule has 0 aliphatic rings. The number of aromatic nitrogens is 3. The second-order valence-corrected chi connectivity index (χ2v) is 3.12. The van der Waals surface area contributed by atoms with Crippen LogP contribution in [0.15, 0.2) is 16.8 Å². The van der Waals surface area contributed by atoms with Gasteiger partial charge in [-0.3, -0.25) is 4.79 Å². The van der Waals surface area contributed by atoms with Crippen molar-refractivity contribution in [3.63, 3.8) is 0 Å². The van der Waals surface area contributed by atoms with Crippen molar-refractivity contribution in [2.24, 2.45) is 12.8 Å². The number of carbonyl (C=O) groups excluding carboxylic acids is 1. The van der Waals surface area contributed by atoms with Crippen molar-refractivity contribution >= 4 is 5.91 Å². The highest BCUT2D eigenvalue weighted by Crippen LogP contribution is 2.19. The summed E-state index contributed by atoms with van der Waals surface area (Å²) in [6.45, 7) is 0. The zero-order valence-electron chi connectivity index (χ0n) is 8.34. The Balaban J connectivity index is 2.46. The molecule has 0 aliphatic heterocycles. The Bertz CT molecular complexity index is 589. The lowest BCUT2D eigenvalue weighted by atomic mass is 10.3. The lowest BCUT2D eigenvalue weighted by Gasteiger charge is -1.94. The van der Waals surface area contributed by atoms with E-state index < -0.39 is 5.91 Å². The van der Waals surface area contributed by atoms with E-state index >= 15 is 0 Å². The second-order valence-electron chi connectivity index (χ2n) is 3.12. The van der Waals surface area contributed by atoms with Gasteiger partial charge in [-0.15, -0.1) is 0 Å². The lowest BCUT2D eigenvalue weighted by Crippen LogP contribution is -2.12. The van der Waals surface area contributed by atoms with Gasteiger partial charge in [0.05, 0.1) is 5.56 Å². The van der Waals surface area contributed by atoms with Crippen molar-refractivity contribution in [2.75, 3.05) is 0 Å². The van der Waals surface area contributed by atoms with E-state index in [2.05, 4.69) is 10.1 Å². The number of amides is 1. The molecular weight excluding hydrogens is 210 g/mol. The molecule has 80 valence electrons. The van der Waals surface area contributed by atoms with Crippen molar-refractivity contribution in [1.82, 2.24) is 14.7 Å². The van der Waals surface area contributed by atoms with Crippen LogP contribution in [0.25, 0.3) is 11.6 Å². The van der Waals surface area contributed by atoms with Crippen LogP contribution in [-0.4, -0.2) is 20.6 Å². The van der Waals surface area contributed by atoms with E-state index in [4.69, 9.17) is 15.5 Å². The SMILES string of the molecule is Cn1cc(C#N)cc1-c1nc(C(N)=O)no1. The summed E-state index contributed by atoms with van der Waals surface area (Å²) in [5.41, 5.74) is 6.01. The van der Waals surface area contributed by atoms with Crippen LogP contribution in [0, 0.1) is 11.3 Å². The number of aryl methyl sites for hydroxylation is 1. The molecule has 0 saturated carbocycles. The van der Waals surface area contributed by atoms with E-state index in [9.17, 15) is 4.79 Å². The fourth-order valence-electron chi connectivity index (χ4n) is 1.27. The van der Waals surface area contributed by atoms with Gasteiger partial charge in [-0.1, -0.05) is 5.16 Å². The highest BCUT2D eigenvalue weighted by molar-refractivity contribution is 5.88. The normalized spacial score (nSPS) is 10.0. The number of rotatable bonds is 2. The minimum absolute atomic E-state index is 0.151. The van der Waals surface area contributed by atoms with Gasteiger partial charge in [0.2, 0.25) is 0 Å². The van der Waals surface area contributed by atoms with Crippen molar-refractivity contribution in [3.8, 4) is 17.7 Å². The predicted molar refractivity (Wildman–Crippen MR) is 51.9 cm³/mol. The molecule has 16 heavy (non-hydrogen) atoms. The minimum Gasteiger partial charge on any atom is -0.363 e. The van der Waals surface area contributed by atoms with Crippen molar-refractivity contribution < 1.29 is 9.32 Å². The molecule has 0 aromatic carbocycles. The lowest BCUT2D eigenvalue weighted by molar-refractivity contribution is 0.0987. The quantitative estimate of drug-likeness (QED) is 0.763. The van der Waals surface area contributed by atoms with Crippen molar-refractivity contribution in [2.45, 2.75) is 0 Å². The molecule has 2 heterocycles. The number of nitrogens with two attached hydrogens (primary N) is 1. The molecule has 0 radical (unpaired) electrons. The average molecular weight is 217 g/mol. The molecule has 7 heteroatoms. The van der Waals surface area contributed by atoms with Gasteiger partial charge in [0.25, 0.3) is 17.6 Å². The van der Waals surface area contributed by atoms with E-state index in [-0.39, 0.29) is 11.7 Å². The zero-order chi connectivity index (χ0) is 11.7. The molecule has 2 aromatic heterocycles. The molecule has 2 rings (SSSR count). The molecule has 7 nitrogen and oxygen atoms in total. The molecule has 0 fully saturated rings. The van der Waals surface area contributed by atoms with Crippen LogP contribution in [-0.2, 0) is 7.05 Å². The predicted octanol–water partition coefficient (Wildman–Crippen LogP) is 0.0457. The Morgan fingerprint density at radius 2 is 2.44 bits per heavy atom. The van der Waals surface area contributed by atoms with Crippen LogP contribution in [0.5, 0.6) is 0 Å². The van der Waals surface area contributed by atoms with Crippen LogP contribution in [0.3, 0.4) is 0 Å². The summed E-state index contributed by atoms with van der Waals surface area (Å²) in [6.07, 6.45) is 1.61. The Morgan fingerprint density at radius 1 is 1.69 bits per heavy atom. The molecule has 2 aromatic rings. The molecule has 0 unspecified atom stereocenters. The van der Waals surface area contributed by atoms with E-state index in [1.807, 2.05) is 6.07 Å². The van der Waals surface area contributed by atoms with E-state index in [0.717, 1.165) is 0 Å². The summed E-state index contributed by atoms with van der Waals surface area (Å²) in [5, 5.41) is 12.1. The van der Waals surface area contributed by atoms with Gasteiger partial charge in [0.1, 0.15) is 11.8 Å². The van der Waals surface area contributed by atoms with Gasteiger partial charge in [-0.05, 0) is 6.07 Å². The fourth-order valence-corrected chi connectivity index (χ4v) is 1.27. The molecular formula is C9H7N5O2. The maximum atomic E-state index is 10.8. The van der Waals surface area contributed by atoms with E-state index in [1.54, 1.807) is 23.9 Å². The Hall–Kier alpha value is -2.62. The molecule has 0 atom stereocenters. The maximum absolute atomic E-state index is 10.8. The smallest absolute Gasteiger partial charge is 0.290 e. The van der Waals surface area contributed by atoms with Crippen LogP contribution >= 0.6 is 0 Å². The largest absolute Gasteiger partial charge is 0.363 e. The average Bonchev–Trinajstić information content (AvgIpc) is 2.83. The summed E-state index contributed by atoms with van der Waals surface area (Å²) in [7, 11) is 1.73. The van der Waals surface area contributed by atoms with Gasteiger partial charge in [-0.2, -0.15) is 10.2 Å². The first-order valence-corrected chi connectivity index (χ1v) is 4.32. The first kappa shape index (κ1) is 9.92. The molecule has 1 amide bonds. The number of primary amides is 1. The number of nitrogens with zero attached hydrogens (tertiary/aromatic N) is 4. The Morgan fingerprint density at radius 3 is 2.94 bits per heavy atom. The van der Waals surface area contributed by atoms with Gasteiger partial charge in [0.15, 0.2) is 0 Å². The van der Waals surface area contributed by atoms with Crippen molar-refractivity contribution in [1.29, 1.82) is 5.26 Å². The highest BCUT2D eigenvalue weighted by Gasteiger charge is 2.15. The number of hydrogen-bond acceptors (Lipinski definition) is 5. The standard InChI is InChI=1S/C9H7N5O2/c1-14-4-5(3-10)2-6(14)9-12-8(7(11)15)13-16-9/h2,4H,1H3,(H2,11,15). The van der Waals surface area contributed by atoms with Crippen LogP contribution in [0.1, 0.15) is 16.2 Å². The summed E-state index contributed by atoms with van der Waals surface area (Å²) in [5.74, 6) is -0.794. The Labute approximate surface area is 90.1 Å². The van der Waals surface area contributed by atoms with Crippen LogP contribution in [0.4, 0.5) is 0 Å². The minimum atomic E-state index is -0.760. The monoisotopic (exact) mass is 217 g/mol. The first-order valence-electron chi connectivity index (χ1n) is 4.32. The molecule has 2 N–H and O–H groups in total. The van der Waals surface area contributed by atoms with Gasteiger partial charge < -0.3 is 14.8 Å². The van der Waals surface area contributed by atoms with Gasteiger partial charge >= 0.3 is 0 Å². The van der Waals surface area contributed by atoms with Crippen molar-refractivity contribution in [3.05, 3.63) is 23.7 Å². The van der Waals surface area contributed by atoms with Gasteiger partial charge in [0, 0.05) is 13.2 Å². The van der Waals surface area contributed by atoms with Crippen LogP contribution in [0.2, 0.25) is 0 Å². The molecule has 0 saturated heterocycles. The third-order valence-electron chi connectivity index (χ3n) is 2.00. The van der Waals surface area contributed by atoms with E-state index in [1.165, 1.54) is 0 Å². The third-order valence-corrected chi connectivity index (χ3v) is 2.00. The third kappa shape index (κ3) is 1.52. The summed E-state index contributed by atoms with van der Waals surface area (Å²) < 4.78 is 6.51. The highest BCUT2D eigenvalue weighted by atomic mass is 16.5. The van der Waals surface area contributed by atoms with Gasteiger partial charge in [-0.25, -0.2) is 0 Å². The molecule has 0 bridgehead atoms.